The topological polar surface area (TPSA) is 60.6 Å². The zero-order valence-corrected chi connectivity index (χ0v) is 7.05. The van der Waals surface area contributed by atoms with Crippen molar-refractivity contribution in [3.63, 3.8) is 0 Å². The number of fused-ring (bicyclic) bond motifs is 1. The Bertz CT molecular complexity index is 297. The fourth-order valence-electron chi connectivity index (χ4n) is 1.54. The molecular weight excluding hydrogens is 170 g/mol. The van der Waals surface area contributed by atoms with Crippen LogP contribution in [0.5, 0.6) is 0 Å². The van der Waals surface area contributed by atoms with Gasteiger partial charge in [0, 0.05) is 12.6 Å². The molecule has 0 bridgehead atoms. The lowest BCUT2D eigenvalue weighted by Gasteiger charge is -2.30. The molecule has 3 heterocycles. The fraction of sp³-hybridized carbons (Fsp3) is 0.429. The number of hydrogen-bond donors (Lipinski definition) is 4. The molecule has 13 heavy (non-hydrogen) atoms. The summed E-state index contributed by atoms with van der Waals surface area (Å²) < 4.78 is 5.45. The largest absolute Gasteiger partial charge is 0.475 e. The molecule has 0 radical (unpaired) electrons. The molecule has 3 aliphatic rings. The molecule has 0 aromatic rings. The van der Waals surface area contributed by atoms with Crippen LogP contribution in [-0.2, 0) is 4.74 Å². The van der Waals surface area contributed by atoms with Gasteiger partial charge in [-0.2, -0.15) is 0 Å². The molecule has 6 nitrogen and oxygen atoms in total. The van der Waals surface area contributed by atoms with Gasteiger partial charge in [0.1, 0.15) is 24.8 Å². The third kappa shape index (κ3) is 0.988. The van der Waals surface area contributed by atoms with Crippen LogP contribution in [0.3, 0.4) is 0 Å². The second kappa shape index (κ2) is 2.46. The molecule has 0 saturated carbocycles. The van der Waals surface area contributed by atoms with Crippen molar-refractivity contribution < 1.29 is 4.74 Å². The van der Waals surface area contributed by atoms with Gasteiger partial charge in [-0.1, -0.05) is 0 Å². The molecular formula is C7H11N5O. The van der Waals surface area contributed by atoms with E-state index < -0.39 is 0 Å². The molecule has 3 aliphatic heterocycles. The van der Waals surface area contributed by atoms with E-state index in [0.717, 1.165) is 30.6 Å². The van der Waals surface area contributed by atoms with Crippen LogP contribution in [0.4, 0.5) is 0 Å². The molecule has 1 saturated heterocycles. The highest BCUT2D eigenvalue weighted by atomic mass is 16.5. The third-order valence-corrected chi connectivity index (χ3v) is 2.17. The summed E-state index contributed by atoms with van der Waals surface area (Å²) in [6, 6.07) is 0. The molecule has 0 aromatic heterocycles. The number of hydrogen-bond acceptors (Lipinski definition) is 6. The van der Waals surface area contributed by atoms with Crippen molar-refractivity contribution >= 4 is 0 Å². The predicted octanol–water partition coefficient (Wildman–Crippen LogP) is -1.50. The maximum Gasteiger partial charge on any atom is 0.230 e. The van der Waals surface area contributed by atoms with Crippen LogP contribution in [0.25, 0.3) is 0 Å². The van der Waals surface area contributed by atoms with Gasteiger partial charge in [0.05, 0.1) is 0 Å². The average Bonchev–Trinajstić information content (AvgIpc) is 2.61. The van der Waals surface area contributed by atoms with E-state index in [4.69, 9.17) is 4.74 Å². The first-order valence-corrected chi connectivity index (χ1v) is 4.29. The molecule has 0 unspecified atom stereocenters. The van der Waals surface area contributed by atoms with E-state index in [2.05, 4.69) is 21.6 Å². The van der Waals surface area contributed by atoms with Crippen LogP contribution >= 0.6 is 0 Å². The molecule has 1 fully saturated rings. The van der Waals surface area contributed by atoms with E-state index in [1.165, 1.54) is 0 Å². The zero-order chi connectivity index (χ0) is 8.67. The Kier molecular flexibility index (Phi) is 1.31. The number of allylic oxidation sites excluding steroid dienone is 1. The first kappa shape index (κ1) is 6.90. The van der Waals surface area contributed by atoms with E-state index >= 15 is 0 Å². The van der Waals surface area contributed by atoms with Gasteiger partial charge in [-0.25, -0.2) is 5.43 Å². The molecule has 4 N–H and O–H groups in total. The summed E-state index contributed by atoms with van der Waals surface area (Å²) >= 11 is 0. The van der Waals surface area contributed by atoms with Crippen molar-refractivity contribution in [3.05, 3.63) is 23.5 Å². The minimum absolute atomic E-state index is 0.712. The molecule has 0 amide bonds. The predicted molar refractivity (Wildman–Crippen MR) is 45.2 cm³/mol. The summed E-state index contributed by atoms with van der Waals surface area (Å²) in [5.41, 5.74) is 10.2. The first-order valence-electron chi connectivity index (χ1n) is 4.29. The van der Waals surface area contributed by atoms with E-state index in [1.54, 1.807) is 0 Å². The van der Waals surface area contributed by atoms with Crippen LogP contribution in [0.1, 0.15) is 0 Å². The van der Waals surface area contributed by atoms with Crippen molar-refractivity contribution in [2.24, 2.45) is 0 Å². The average molecular weight is 181 g/mol. The van der Waals surface area contributed by atoms with Crippen LogP contribution < -0.4 is 21.6 Å². The monoisotopic (exact) mass is 181 g/mol. The lowest BCUT2D eigenvalue weighted by molar-refractivity contribution is 0.120. The summed E-state index contributed by atoms with van der Waals surface area (Å²) in [7, 11) is 0. The number of nitrogens with one attached hydrogen (secondary N) is 4. The lowest BCUT2D eigenvalue weighted by atomic mass is 10.3. The minimum atomic E-state index is 0.712. The molecule has 70 valence electrons. The minimum Gasteiger partial charge on any atom is -0.475 e. The van der Waals surface area contributed by atoms with E-state index in [0.29, 0.717) is 6.61 Å². The molecule has 3 rings (SSSR count). The van der Waals surface area contributed by atoms with Gasteiger partial charge in [-0.15, -0.1) is 0 Å². The summed E-state index contributed by atoms with van der Waals surface area (Å²) in [5.74, 6) is 1.82. The maximum absolute atomic E-state index is 5.45. The highest BCUT2D eigenvalue weighted by Gasteiger charge is 2.25. The number of nitrogens with zero attached hydrogens (tertiary/aromatic N) is 1. The van der Waals surface area contributed by atoms with Gasteiger partial charge in [0.25, 0.3) is 0 Å². The summed E-state index contributed by atoms with van der Waals surface area (Å²) in [5, 5.41) is 5.21. The molecule has 6 heteroatoms. The van der Waals surface area contributed by atoms with Gasteiger partial charge < -0.3 is 15.5 Å². The Morgan fingerprint density at radius 1 is 1.46 bits per heavy atom. The van der Waals surface area contributed by atoms with E-state index in [-0.39, 0.29) is 0 Å². The normalized spacial score (nSPS) is 24.6. The second-order valence-electron chi connectivity index (χ2n) is 3.05. The molecule has 0 aromatic carbocycles. The Morgan fingerprint density at radius 3 is 3.46 bits per heavy atom. The van der Waals surface area contributed by atoms with Crippen molar-refractivity contribution in [1.82, 2.24) is 26.6 Å². The number of ether oxygens (including phenoxy) is 1. The first-order chi connectivity index (χ1) is 6.43. The van der Waals surface area contributed by atoms with Crippen molar-refractivity contribution in [2.45, 2.75) is 0 Å². The van der Waals surface area contributed by atoms with E-state index in [1.807, 2.05) is 11.1 Å². The smallest absolute Gasteiger partial charge is 0.230 e. The SMILES string of the molecule is C1=C2NNCN2NC2=C1NCCO2. The molecule has 0 atom stereocenters. The van der Waals surface area contributed by atoms with Crippen molar-refractivity contribution in [2.75, 3.05) is 19.8 Å². The highest BCUT2D eigenvalue weighted by Crippen LogP contribution is 2.17. The number of hydrazine groups is 2. The molecule has 0 spiro atoms. The Morgan fingerprint density at radius 2 is 2.46 bits per heavy atom. The lowest BCUT2D eigenvalue weighted by Crippen LogP contribution is -2.43. The fourth-order valence-corrected chi connectivity index (χ4v) is 1.54. The Balaban J connectivity index is 1.93. The highest BCUT2D eigenvalue weighted by molar-refractivity contribution is 5.28. The van der Waals surface area contributed by atoms with Gasteiger partial charge in [0.15, 0.2) is 0 Å². The maximum atomic E-state index is 5.45. The quantitative estimate of drug-likeness (QED) is 0.365. The van der Waals surface area contributed by atoms with Crippen molar-refractivity contribution in [3.8, 4) is 0 Å². The van der Waals surface area contributed by atoms with Gasteiger partial charge in [0.2, 0.25) is 5.88 Å². The molecule has 0 aliphatic carbocycles. The van der Waals surface area contributed by atoms with Gasteiger partial charge in [-0.3, -0.25) is 10.4 Å². The zero-order valence-electron chi connectivity index (χ0n) is 7.05. The van der Waals surface area contributed by atoms with Crippen LogP contribution in [0.2, 0.25) is 0 Å². The van der Waals surface area contributed by atoms with Gasteiger partial charge in [-0.05, 0) is 0 Å². The van der Waals surface area contributed by atoms with Crippen molar-refractivity contribution in [1.29, 1.82) is 0 Å². The Labute approximate surface area is 75.5 Å². The van der Waals surface area contributed by atoms with Crippen LogP contribution in [0.15, 0.2) is 23.5 Å². The summed E-state index contributed by atoms with van der Waals surface area (Å²) in [6.07, 6.45) is 2.02. The Hall–Kier alpha value is -1.56. The van der Waals surface area contributed by atoms with Gasteiger partial charge >= 0.3 is 0 Å². The standard InChI is InChI=1S/C7H11N5O/c1-2-13-7-5(8-1)3-6-10-9-4-12(6)11-7/h3,8-11H,1-2,4H2. The summed E-state index contributed by atoms with van der Waals surface area (Å²) in [4.78, 5) is 0. The second-order valence-corrected chi connectivity index (χ2v) is 3.05. The number of rotatable bonds is 0. The van der Waals surface area contributed by atoms with Crippen LogP contribution in [-0.4, -0.2) is 24.8 Å². The van der Waals surface area contributed by atoms with E-state index in [9.17, 15) is 0 Å². The summed E-state index contributed by atoms with van der Waals surface area (Å²) in [6.45, 7) is 2.30. The third-order valence-electron chi connectivity index (χ3n) is 2.17. The van der Waals surface area contributed by atoms with Crippen LogP contribution in [0, 0.1) is 0 Å².